The van der Waals surface area contributed by atoms with E-state index in [-0.39, 0.29) is 17.9 Å². The summed E-state index contributed by atoms with van der Waals surface area (Å²) in [6, 6.07) is 9.05. The number of carbonyl (C=O) groups excluding carboxylic acids is 2. The summed E-state index contributed by atoms with van der Waals surface area (Å²) < 4.78 is 6.39. The van der Waals surface area contributed by atoms with Crippen molar-refractivity contribution in [2.75, 3.05) is 36.4 Å². The van der Waals surface area contributed by atoms with Gasteiger partial charge in [-0.2, -0.15) is 0 Å². The molecule has 1 aromatic heterocycles. The highest BCUT2D eigenvalue weighted by molar-refractivity contribution is 6.30. The summed E-state index contributed by atoms with van der Waals surface area (Å²) >= 11 is 5.89. The highest BCUT2D eigenvalue weighted by Gasteiger charge is 2.28. The van der Waals surface area contributed by atoms with Gasteiger partial charge < -0.3 is 25.6 Å². The van der Waals surface area contributed by atoms with Gasteiger partial charge in [0.15, 0.2) is 0 Å². The zero-order valence-electron chi connectivity index (χ0n) is 20.6. The van der Waals surface area contributed by atoms with Crippen LogP contribution in [0, 0.1) is 5.92 Å². The second-order valence-electron chi connectivity index (χ2n) is 9.45. The molecule has 3 aliphatic rings. The second-order valence-corrected chi connectivity index (χ2v) is 9.89. The number of piperidine rings is 1. The average Bonchev–Trinajstić information content (AvgIpc) is 3.46. The molecule has 1 aromatic carbocycles. The van der Waals surface area contributed by atoms with Crippen LogP contribution in [-0.2, 0) is 4.79 Å². The molecule has 0 bridgehead atoms. The first kappa shape index (κ1) is 25.2. The first-order chi connectivity index (χ1) is 18.1. The van der Waals surface area contributed by atoms with Crippen molar-refractivity contribution in [1.82, 2.24) is 15.6 Å². The number of aromatic nitrogens is 1. The van der Waals surface area contributed by atoms with Gasteiger partial charge in [-0.3, -0.25) is 14.6 Å². The molecule has 5 rings (SSSR count). The normalized spacial score (nSPS) is 19.9. The molecule has 2 aromatic rings. The van der Waals surface area contributed by atoms with E-state index in [1.165, 1.54) is 12.4 Å². The van der Waals surface area contributed by atoms with Crippen molar-refractivity contribution in [2.24, 2.45) is 10.9 Å². The van der Waals surface area contributed by atoms with E-state index < -0.39 is 5.92 Å². The van der Waals surface area contributed by atoms with Crippen molar-refractivity contribution < 1.29 is 14.3 Å². The van der Waals surface area contributed by atoms with E-state index in [4.69, 9.17) is 16.3 Å². The Hall–Kier alpha value is -3.43. The molecule has 0 radical (unpaired) electrons. The molecule has 1 unspecified atom stereocenters. The lowest BCUT2D eigenvalue weighted by Gasteiger charge is -2.27. The van der Waals surface area contributed by atoms with Crippen LogP contribution in [0.25, 0.3) is 0 Å². The summed E-state index contributed by atoms with van der Waals surface area (Å²) in [7, 11) is 0. The molecule has 3 aliphatic heterocycles. The van der Waals surface area contributed by atoms with Crippen molar-refractivity contribution in [2.45, 2.75) is 38.2 Å². The molecule has 2 amide bonds. The van der Waals surface area contributed by atoms with Crippen LogP contribution in [0.5, 0.6) is 5.75 Å². The fourth-order valence-electron chi connectivity index (χ4n) is 4.81. The minimum absolute atomic E-state index is 0.0468. The summed E-state index contributed by atoms with van der Waals surface area (Å²) in [6.45, 7) is 3.79. The Kier molecular flexibility index (Phi) is 8.01. The molecule has 0 spiro atoms. The monoisotopic (exact) mass is 522 g/mol. The number of benzene rings is 1. The molecule has 9 nitrogen and oxygen atoms in total. The molecular formula is C27H31ClN6O3. The van der Waals surface area contributed by atoms with Crippen molar-refractivity contribution in [3.05, 3.63) is 59.0 Å². The van der Waals surface area contributed by atoms with Crippen molar-refractivity contribution >= 4 is 41.1 Å². The van der Waals surface area contributed by atoms with Crippen LogP contribution in [0.2, 0.25) is 5.02 Å². The van der Waals surface area contributed by atoms with Crippen molar-refractivity contribution in [1.29, 1.82) is 0 Å². The Bertz CT molecular complexity index is 1190. The smallest absolute Gasteiger partial charge is 0.259 e. The Morgan fingerprint density at radius 3 is 2.65 bits per heavy atom. The number of pyridine rings is 1. The summed E-state index contributed by atoms with van der Waals surface area (Å²) in [4.78, 5) is 37.2. The quantitative estimate of drug-likeness (QED) is 0.511. The predicted molar refractivity (Wildman–Crippen MR) is 144 cm³/mol. The SMILES string of the molecule is O=C(NC1=CN=CCC1C(=O)Nc1ccc(Cl)cn1)c1ccc(N2CCCC2)cc1OC1CCNCC1. The number of halogens is 1. The van der Waals surface area contributed by atoms with Crippen LogP contribution in [0.1, 0.15) is 42.5 Å². The number of amides is 2. The number of anilines is 2. The number of nitrogens with one attached hydrogen (secondary N) is 3. The van der Waals surface area contributed by atoms with Gasteiger partial charge in [-0.25, -0.2) is 4.98 Å². The molecule has 10 heteroatoms. The van der Waals surface area contributed by atoms with Gasteiger partial charge in [-0.15, -0.1) is 0 Å². The number of carbonyl (C=O) groups is 2. The Morgan fingerprint density at radius 1 is 1.08 bits per heavy atom. The van der Waals surface area contributed by atoms with E-state index in [1.54, 1.807) is 18.3 Å². The molecule has 0 aliphatic carbocycles. The molecule has 194 valence electrons. The zero-order chi connectivity index (χ0) is 25.6. The van der Waals surface area contributed by atoms with Gasteiger partial charge in [0.25, 0.3) is 5.91 Å². The highest BCUT2D eigenvalue weighted by atomic mass is 35.5. The van der Waals surface area contributed by atoms with E-state index in [1.807, 2.05) is 18.2 Å². The van der Waals surface area contributed by atoms with Crippen LogP contribution in [0.15, 0.2) is 53.4 Å². The Morgan fingerprint density at radius 2 is 1.89 bits per heavy atom. The lowest BCUT2D eigenvalue weighted by Crippen LogP contribution is -2.36. The molecule has 3 N–H and O–H groups in total. The zero-order valence-corrected chi connectivity index (χ0v) is 21.3. The second kappa shape index (κ2) is 11.7. The lowest BCUT2D eigenvalue weighted by molar-refractivity contribution is -0.118. The third-order valence-corrected chi connectivity index (χ3v) is 7.07. The van der Waals surface area contributed by atoms with Gasteiger partial charge in [0.2, 0.25) is 5.91 Å². The number of nitrogens with zero attached hydrogens (tertiary/aromatic N) is 3. The summed E-state index contributed by atoms with van der Waals surface area (Å²) in [5, 5.41) is 9.54. The van der Waals surface area contributed by atoms with E-state index in [0.29, 0.717) is 34.3 Å². The van der Waals surface area contributed by atoms with Gasteiger partial charge in [0.1, 0.15) is 17.7 Å². The van der Waals surface area contributed by atoms with Gasteiger partial charge in [0, 0.05) is 49.2 Å². The maximum atomic E-state index is 13.5. The average molecular weight is 523 g/mol. The Balaban J connectivity index is 1.34. The largest absolute Gasteiger partial charge is 0.489 e. The predicted octanol–water partition coefficient (Wildman–Crippen LogP) is 3.77. The minimum atomic E-state index is -0.614. The van der Waals surface area contributed by atoms with Crippen molar-refractivity contribution in [3.8, 4) is 5.75 Å². The van der Waals surface area contributed by atoms with Crippen LogP contribution >= 0.6 is 11.6 Å². The van der Waals surface area contributed by atoms with Gasteiger partial charge >= 0.3 is 0 Å². The summed E-state index contributed by atoms with van der Waals surface area (Å²) in [5.41, 5.74) is 1.93. The van der Waals surface area contributed by atoms with Crippen LogP contribution in [0.4, 0.5) is 11.5 Å². The molecule has 2 fully saturated rings. The van der Waals surface area contributed by atoms with Crippen molar-refractivity contribution in [3.63, 3.8) is 0 Å². The number of hydrogen-bond donors (Lipinski definition) is 3. The van der Waals surface area contributed by atoms with Gasteiger partial charge in [-0.1, -0.05) is 11.6 Å². The topological polar surface area (TPSA) is 108 Å². The highest BCUT2D eigenvalue weighted by Crippen LogP contribution is 2.31. The molecular weight excluding hydrogens is 492 g/mol. The number of hydrogen-bond acceptors (Lipinski definition) is 7. The molecule has 2 saturated heterocycles. The first-order valence-corrected chi connectivity index (χ1v) is 13.2. The van der Waals surface area contributed by atoms with Crippen LogP contribution in [0.3, 0.4) is 0 Å². The van der Waals surface area contributed by atoms with E-state index in [0.717, 1.165) is 57.5 Å². The number of rotatable bonds is 7. The molecule has 1 atom stereocenters. The maximum Gasteiger partial charge on any atom is 0.259 e. The third-order valence-electron chi connectivity index (χ3n) is 6.85. The van der Waals surface area contributed by atoms with Gasteiger partial charge in [0.05, 0.1) is 16.5 Å². The van der Waals surface area contributed by atoms with E-state index in [2.05, 4.69) is 30.8 Å². The summed E-state index contributed by atoms with van der Waals surface area (Å²) in [6.07, 6.45) is 9.15. The standard InChI is InChI=1S/C27H31ClN6O3/c28-18-3-6-25(31-16-18)33-26(35)21-9-12-30-17-23(21)32-27(36)22-5-4-19(34-13-1-2-14-34)15-24(22)37-20-7-10-29-11-8-20/h3-6,12,15-17,20-21,29H,1-2,7-11,13-14H2,(H,32,36)(H,31,33,35). The molecule has 37 heavy (non-hydrogen) atoms. The number of aliphatic imine (C=N–C) groups is 1. The van der Waals surface area contributed by atoms with Crippen LogP contribution in [-0.4, -0.2) is 55.3 Å². The van der Waals surface area contributed by atoms with Crippen LogP contribution < -0.4 is 25.6 Å². The Labute approximate surface area is 221 Å². The summed E-state index contributed by atoms with van der Waals surface area (Å²) in [5.74, 6) is -0.278. The molecule has 4 heterocycles. The number of ether oxygens (including phenoxy) is 1. The first-order valence-electron chi connectivity index (χ1n) is 12.8. The van der Waals surface area contributed by atoms with Gasteiger partial charge in [-0.05, 0) is 69.5 Å². The van der Waals surface area contributed by atoms with E-state index in [9.17, 15) is 9.59 Å². The lowest BCUT2D eigenvalue weighted by atomic mass is 9.99. The maximum absolute atomic E-state index is 13.5. The fraction of sp³-hybridized carbons (Fsp3) is 0.407. The minimum Gasteiger partial charge on any atom is -0.489 e. The third kappa shape index (κ3) is 6.29. The van der Waals surface area contributed by atoms with E-state index >= 15 is 0 Å². The molecule has 0 saturated carbocycles. The fourth-order valence-corrected chi connectivity index (χ4v) is 4.92.